The van der Waals surface area contributed by atoms with Crippen molar-refractivity contribution in [1.29, 1.82) is 0 Å². The molecule has 2 aliphatic heterocycles. The Balaban J connectivity index is 1.36. The molecule has 2 heterocycles. The van der Waals surface area contributed by atoms with Crippen LogP contribution in [0, 0.1) is 0 Å². The summed E-state index contributed by atoms with van der Waals surface area (Å²) in [5.41, 5.74) is 1.35. The van der Waals surface area contributed by atoms with Gasteiger partial charge in [-0.15, -0.1) is 0 Å². The number of nitrogens with zero attached hydrogens (tertiary/aromatic N) is 2. The number of nitrogens with one attached hydrogen (secondary N) is 2. The number of morpholine rings is 1. The van der Waals surface area contributed by atoms with E-state index < -0.39 is 11.8 Å². The van der Waals surface area contributed by atoms with Crippen LogP contribution in [0.25, 0.3) is 0 Å². The molecule has 8 nitrogen and oxygen atoms in total. The molecule has 0 aliphatic carbocycles. The van der Waals surface area contributed by atoms with Crippen molar-refractivity contribution in [2.24, 2.45) is 0 Å². The Morgan fingerprint density at radius 1 is 0.939 bits per heavy atom. The van der Waals surface area contributed by atoms with E-state index in [2.05, 4.69) is 15.5 Å². The van der Waals surface area contributed by atoms with Crippen LogP contribution in [0.4, 0.5) is 11.4 Å². The molecule has 0 saturated carbocycles. The molecule has 1 fully saturated rings. The predicted octanol–water partition coefficient (Wildman–Crippen LogP) is 2.84. The van der Waals surface area contributed by atoms with Crippen LogP contribution in [0.1, 0.15) is 10.4 Å². The van der Waals surface area contributed by atoms with Gasteiger partial charge in [0.2, 0.25) is 0 Å². The van der Waals surface area contributed by atoms with Gasteiger partial charge in [0.25, 0.3) is 17.7 Å². The number of hydrogen-bond donors (Lipinski definition) is 2. The van der Waals surface area contributed by atoms with Gasteiger partial charge in [-0.05, 0) is 48.5 Å². The minimum absolute atomic E-state index is 0.0284. The fraction of sp³-hybridized carbons (Fsp3) is 0.261. The van der Waals surface area contributed by atoms with Crippen molar-refractivity contribution >= 4 is 52.3 Å². The minimum atomic E-state index is -0.622. The zero-order chi connectivity index (χ0) is 23.4. The van der Waals surface area contributed by atoms with Crippen LogP contribution in [0.15, 0.2) is 59.3 Å². The molecule has 10 heteroatoms. The number of carbonyl (C=O) groups excluding carboxylic acids is 3. The maximum atomic E-state index is 12.8. The van der Waals surface area contributed by atoms with Crippen LogP contribution in [-0.4, -0.2) is 62.0 Å². The zero-order valence-electron chi connectivity index (χ0n) is 17.6. The summed E-state index contributed by atoms with van der Waals surface area (Å²) in [4.78, 5) is 41.0. The average molecular weight is 489 g/mol. The van der Waals surface area contributed by atoms with E-state index in [9.17, 15) is 14.4 Å². The van der Waals surface area contributed by atoms with Crippen molar-refractivity contribution in [2.75, 3.05) is 49.6 Å². The lowest BCUT2D eigenvalue weighted by atomic mass is 10.2. The minimum Gasteiger partial charge on any atom is -0.379 e. The van der Waals surface area contributed by atoms with Gasteiger partial charge in [-0.1, -0.05) is 23.2 Å². The van der Waals surface area contributed by atoms with Crippen molar-refractivity contribution < 1.29 is 19.1 Å². The van der Waals surface area contributed by atoms with Crippen LogP contribution in [0.5, 0.6) is 0 Å². The molecule has 0 radical (unpaired) electrons. The number of hydrogen-bond acceptors (Lipinski definition) is 6. The average Bonchev–Trinajstić information content (AvgIpc) is 3.04. The van der Waals surface area contributed by atoms with Gasteiger partial charge in [-0.3, -0.25) is 19.3 Å². The summed E-state index contributed by atoms with van der Waals surface area (Å²) in [7, 11) is 0. The largest absolute Gasteiger partial charge is 0.379 e. The lowest BCUT2D eigenvalue weighted by Crippen LogP contribution is -2.41. The highest BCUT2D eigenvalue weighted by Gasteiger charge is 2.38. The van der Waals surface area contributed by atoms with E-state index in [1.54, 1.807) is 48.5 Å². The summed E-state index contributed by atoms with van der Waals surface area (Å²) in [6, 6.07) is 12.9. The first-order chi connectivity index (χ1) is 15.9. The molecule has 2 aromatic rings. The Bertz CT molecular complexity index is 1080. The molecule has 0 bridgehead atoms. The number of ether oxygens (including phenoxy) is 1. The first-order valence-electron chi connectivity index (χ1n) is 10.4. The van der Waals surface area contributed by atoms with Gasteiger partial charge in [-0.2, -0.15) is 0 Å². The van der Waals surface area contributed by atoms with E-state index in [-0.39, 0.29) is 16.6 Å². The summed E-state index contributed by atoms with van der Waals surface area (Å²) in [6.45, 7) is 4.47. The standard InChI is InChI=1S/C23H22Cl2N4O4/c24-16-3-7-18(8-4-16)29-22(31)19(25)20(23(29)32)27-17-5-1-15(2-6-17)21(30)26-9-10-28-11-13-33-14-12-28/h1-8,27H,9-14H2,(H,26,30). The Morgan fingerprint density at radius 2 is 1.61 bits per heavy atom. The fourth-order valence-electron chi connectivity index (χ4n) is 3.54. The monoisotopic (exact) mass is 488 g/mol. The number of carbonyl (C=O) groups is 3. The summed E-state index contributed by atoms with van der Waals surface area (Å²) in [6.07, 6.45) is 0. The van der Waals surface area contributed by atoms with E-state index in [4.69, 9.17) is 27.9 Å². The highest BCUT2D eigenvalue weighted by atomic mass is 35.5. The van der Waals surface area contributed by atoms with Gasteiger partial charge in [0, 0.05) is 42.5 Å². The Kier molecular flexibility index (Phi) is 7.29. The highest BCUT2D eigenvalue weighted by Crippen LogP contribution is 2.30. The van der Waals surface area contributed by atoms with Crippen molar-refractivity contribution in [3.63, 3.8) is 0 Å². The molecule has 0 aromatic heterocycles. The maximum absolute atomic E-state index is 12.8. The van der Waals surface area contributed by atoms with Crippen LogP contribution >= 0.6 is 23.2 Å². The molecular weight excluding hydrogens is 467 g/mol. The molecule has 2 N–H and O–H groups in total. The van der Waals surface area contributed by atoms with Crippen molar-refractivity contribution in [2.45, 2.75) is 0 Å². The molecular formula is C23H22Cl2N4O4. The number of halogens is 2. The first-order valence-corrected chi connectivity index (χ1v) is 11.2. The molecule has 4 rings (SSSR count). The van der Waals surface area contributed by atoms with Crippen LogP contribution in [0.2, 0.25) is 5.02 Å². The molecule has 0 unspecified atom stereocenters. The van der Waals surface area contributed by atoms with Gasteiger partial charge in [0.05, 0.1) is 18.9 Å². The van der Waals surface area contributed by atoms with Gasteiger partial charge >= 0.3 is 0 Å². The normalized spacial score (nSPS) is 17.0. The molecule has 2 aliphatic rings. The molecule has 172 valence electrons. The third kappa shape index (κ3) is 5.36. The number of anilines is 2. The zero-order valence-corrected chi connectivity index (χ0v) is 19.2. The van der Waals surface area contributed by atoms with Crippen LogP contribution in [-0.2, 0) is 14.3 Å². The highest BCUT2D eigenvalue weighted by molar-refractivity contribution is 6.53. The van der Waals surface area contributed by atoms with E-state index >= 15 is 0 Å². The predicted molar refractivity (Wildman–Crippen MR) is 126 cm³/mol. The van der Waals surface area contributed by atoms with E-state index in [1.807, 2.05) is 0 Å². The van der Waals surface area contributed by atoms with Gasteiger partial charge < -0.3 is 15.4 Å². The van der Waals surface area contributed by atoms with Crippen molar-refractivity contribution in [3.05, 3.63) is 69.8 Å². The Hall–Kier alpha value is -2.91. The molecule has 3 amide bonds. The summed E-state index contributed by atoms with van der Waals surface area (Å²) < 4.78 is 5.31. The van der Waals surface area contributed by atoms with E-state index in [0.717, 1.165) is 24.5 Å². The third-order valence-corrected chi connectivity index (χ3v) is 5.95. The molecule has 2 aromatic carbocycles. The maximum Gasteiger partial charge on any atom is 0.283 e. The summed E-state index contributed by atoms with van der Waals surface area (Å²) in [5, 5.41) is 6.07. The van der Waals surface area contributed by atoms with Gasteiger partial charge in [0.1, 0.15) is 10.7 Å². The van der Waals surface area contributed by atoms with E-state index in [1.165, 1.54) is 0 Å². The fourth-order valence-corrected chi connectivity index (χ4v) is 3.88. The molecule has 1 saturated heterocycles. The van der Waals surface area contributed by atoms with E-state index in [0.29, 0.717) is 41.7 Å². The SMILES string of the molecule is O=C(NCCN1CCOCC1)c1ccc(NC2=C(Cl)C(=O)N(c3ccc(Cl)cc3)C2=O)cc1. The number of imide groups is 1. The Labute approximate surface area is 201 Å². The van der Waals surface area contributed by atoms with Crippen molar-refractivity contribution in [3.8, 4) is 0 Å². The summed E-state index contributed by atoms with van der Waals surface area (Å²) in [5.74, 6) is -1.38. The molecule has 0 atom stereocenters. The number of rotatable bonds is 7. The smallest absolute Gasteiger partial charge is 0.283 e. The second-order valence-electron chi connectivity index (χ2n) is 7.52. The number of benzene rings is 2. The quantitative estimate of drug-likeness (QED) is 0.582. The second kappa shape index (κ2) is 10.4. The molecule has 0 spiro atoms. The van der Waals surface area contributed by atoms with Crippen molar-refractivity contribution in [1.82, 2.24) is 10.2 Å². The summed E-state index contributed by atoms with van der Waals surface area (Å²) >= 11 is 12.0. The number of amides is 3. The van der Waals surface area contributed by atoms with Gasteiger partial charge in [0.15, 0.2) is 0 Å². The van der Waals surface area contributed by atoms with Crippen LogP contribution < -0.4 is 15.5 Å². The van der Waals surface area contributed by atoms with Gasteiger partial charge in [-0.25, -0.2) is 4.90 Å². The lowest BCUT2D eigenvalue weighted by molar-refractivity contribution is -0.120. The molecule has 33 heavy (non-hydrogen) atoms. The Morgan fingerprint density at radius 3 is 2.27 bits per heavy atom. The first kappa shape index (κ1) is 23.3. The third-order valence-electron chi connectivity index (χ3n) is 5.35. The lowest BCUT2D eigenvalue weighted by Gasteiger charge is -2.26. The topological polar surface area (TPSA) is 91.0 Å². The van der Waals surface area contributed by atoms with Crippen LogP contribution in [0.3, 0.4) is 0 Å². The second-order valence-corrected chi connectivity index (χ2v) is 8.34.